The quantitative estimate of drug-likeness (QED) is 0.535. The summed E-state index contributed by atoms with van der Waals surface area (Å²) in [5.74, 6) is 0.135. The lowest BCUT2D eigenvalue weighted by Crippen LogP contribution is -2.62. The molecule has 1 N–H and O–H groups in total. The molecule has 0 unspecified atom stereocenters. The number of fused-ring (bicyclic) bond motifs is 1. The fourth-order valence-electron chi connectivity index (χ4n) is 5.31. The summed E-state index contributed by atoms with van der Waals surface area (Å²) in [6.45, 7) is 6.21. The topological polar surface area (TPSA) is 59.1 Å². The second-order valence-corrected chi connectivity index (χ2v) is 7.39. The zero-order valence-corrected chi connectivity index (χ0v) is 11.8. The van der Waals surface area contributed by atoms with Gasteiger partial charge >= 0.3 is 5.97 Å². The van der Waals surface area contributed by atoms with E-state index < -0.39 is 5.60 Å². The van der Waals surface area contributed by atoms with Gasteiger partial charge in [-0.2, -0.15) is 0 Å². The minimum atomic E-state index is -0.443. The highest BCUT2D eigenvalue weighted by Gasteiger charge is 2.85. The van der Waals surface area contributed by atoms with Gasteiger partial charge in [-0.3, -0.25) is 4.79 Å². The molecule has 7 atom stereocenters. The number of aliphatic hydroxyl groups is 1. The number of aliphatic hydroxyl groups excluding tert-OH is 1. The van der Waals surface area contributed by atoms with E-state index in [0.29, 0.717) is 0 Å². The molecule has 0 bridgehead atoms. The van der Waals surface area contributed by atoms with Crippen molar-refractivity contribution in [3.05, 3.63) is 0 Å². The predicted molar refractivity (Wildman–Crippen MR) is 67.3 cm³/mol. The zero-order valence-electron chi connectivity index (χ0n) is 11.8. The number of carbonyl (C=O) groups is 1. The van der Waals surface area contributed by atoms with Crippen LogP contribution in [0.3, 0.4) is 0 Å². The summed E-state index contributed by atoms with van der Waals surface area (Å²) in [5.41, 5.74) is -0.929. The highest BCUT2D eigenvalue weighted by atomic mass is 16.7. The Morgan fingerprint density at radius 2 is 2.00 bits per heavy atom. The highest BCUT2D eigenvalue weighted by Crippen LogP contribution is 2.73. The standard InChI is InChI=1S/C15H22O4/c1-8-9-4-6-13(2)10(16)5-7-14(3)15(13,19-14)11(9)18-12(8)17/h8-11,16H,4-7H2,1-3H3/t8-,9-,10+,11-,13-,14+,15-/m0/s1. The molecule has 1 spiro atoms. The largest absolute Gasteiger partial charge is 0.459 e. The van der Waals surface area contributed by atoms with Gasteiger partial charge in [0.25, 0.3) is 0 Å². The van der Waals surface area contributed by atoms with E-state index >= 15 is 0 Å². The minimum absolute atomic E-state index is 0.0311. The third kappa shape index (κ3) is 1.09. The van der Waals surface area contributed by atoms with Crippen LogP contribution in [0, 0.1) is 17.3 Å². The number of epoxide rings is 1. The molecule has 0 aromatic rings. The molecule has 0 amide bonds. The third-order valence-corrected chi connectivity index (χ3v) is 6.65. The lowest BCUT2D eigenvalue weighted by molar-refractivity contribution is -0.158. The molecule has 2 saturated carbocycles. The molecule has 4 rings (SSSR count). The van der Waals surface area contributed by atoms with E-state index in [0.717, 1.165) is 25.7 Å². The molecule has 2 saturated heterocycles. The van der Waals surface area contributed by atoms with Crippen LogP contribution in [0.15, 0.2) is 0 Å². The summed E-state index contributed by atoms with van der Waals surface area (Å²) in [6, 6.07) is 0. The van der Waals surface area contributed by atoms with Gasteiger partial charge in [-0.25, -0.2) is 0 Å². The molecule has 4 fully saturated rings. The van der Waals surface area contributed by atoms with Gasteiger partial charge in [0.05, 0.1) is 17.6 Å². The lowest BCUT2D eigenvalue weighted by Gasteiger charge is -2.51. The monoisotopic (exact) mass is 266 g/mol. The Bertz CT molecular complexity index is 463. The maximum atomic E-state index is 11.9. The van der Waals surface area contributed by atoms with Crippen LogP contribution in [0.2, 0.25) is 0 Å². The van der Waals surface area contributed by atoms with Crippen molar-refractivity contribution in [1.82, 2.24) is 0 Å². The van der Waals surface area contributed by atoms with Crippen LogP contribution in [-0.2, 0) is 14.3 Å². The van der Waals surface area contributed by atoms with Gasteiger partial charge in [0.1, 0.15) is 11.7 Å². The SMILES string of the molecule is C[C@@H]1C(=O)O[C@H]2[C@H]1CC[C@@]1(C)[C@H](O)CC[C@@]3(C)O[C@]231. The van der Waals surface area contributed by atoms with Crippen molar-refractivity contribution < 1.29 is 19.4 Å². The molecule has 4 aliphatic rings. The van der Waals surface area contributed by atoms with E-state index in [1.165, 1.54) is 0 Å². The summed E-state index contributed by atoms with van der Waals surface area (Å²) in [5, 5.41) is 10.5. The maximum absolute atomic E-state index is 11.9. The highest BCUT2D eigenvalue weighted by molar-refractivity contribution is 5.75. The Kier molecular flexibility index (Phi) is 2.03. The molecule has 19 heavy (non-hydrogen) atoms. The molecular weight excluding hydrogens is 244 g/mol. The Hall–Kier alpha value is -0.610. The fraction of sp³-hybridized carbons (Fsp3) is 0.933. The summed E-state index contributed by atoms with van der Waals surface area (Å²) in [7, 11) is 0. The Balaban J connectivity index is 1.81. The number of carbonyl (C=O) groups excluding carboxylic acids is 1. The average Bonchev–Trinajstić information content (AvgIpc) is 2.90. The Labute approximate surface area is 113 Å². The van der Waals surface area contributed by atoms with E-state index in [2.05, 4.69) is 13.8 Å². The molecule has 2 aliphatic carbocycles. The van der Waals surface area contributed by atoms with Gasteiger partial charge in [-0.15, -0.1) is 0 Å². The van der Waals surface area contributed by atoms with Gasteiger partial charge in [-0.1, -0.05) is 13.8 Å². The maximum Gasteiger partial charge on any atom is 0.309 e. The first-order valence-electron chi connectivity index (χ1n) is 7.44. The molecule has 2 heterocycles. The number of hydrogen-bond acceptors (Lipinski definition) is 4. The second-order valence-electron chi connectivity index (χ2n) is 7.39. The number of ether oxygens (including phenoxy) is 2. The van der Waals surface area contributed by atoms with Crippen molar-refractivity contribution in [3.8, 4) is 0 Å². The van der Waals surface area contributed by atoms with Gasteiger partial charge in [0.15, 0.2) is 0 Å². The summed E-state index contributed by atoms with van der Waals surface area (Å²) < 4.78 is 11.9. The first kappa shape index (κ1) is 12.2. The second kappa shape index (κ2) is 3.17. The van der Waals surface area contributed by atoms with Gasteiger partial charge in [0, 0.05) is 11.3 Å². The first-order valence-corrected chi connectivity index (χ1v) is 7.44. The normalized spacial score (nSPS) is 62.8. The van der Waals surface area contributed by atoms with Crippen molar-refractivity contribution in [2.45, 2.75) is 69.9 Å². The van der Waals surface area contributed by atoms with Gasteiger partial charge in [-0.05, 0) is 32.6 Å². The van der Waals surface area contributed by atoms with Gasteiger partial charge in [0.2, 0.25) is 0 Å². The summed E-state index contributed by atoms with van der Waals surface area (Å²) in [4.78, 5) is 11.9. The molecule has 0 aromatic heterocycles. The lowest BCUT2D eigenvalue weighted by atomic mass is 9.52. The van der Waals surface area contributed by atoms with Crippen LogP contribution in [0.4, 0.5) is 0 Å². The fourth-order valence-corrected chi connectivity index (χ4v) is 5.31. The minimum Gasteiger partial charge on any atom is -0.459 e. The molecule has 2 aliphatic heterocycles. The molecule has 4 nitrogen and oxygen atoms in total. The van der Waals surface area contributed by atoms with Crippen LogP contribution in [0.1, 0.15) is 46.5 Å². The van der Waals surface area contributed by atoms with Crippen molar-refractivity contribution in [2.24, 2.45) is 17.3 Å². The van der Waals surface area contributed by atoms with E-state index in [1.807, 2.05) is 6.92 Å². The van der Waals surface area contributed by atoms with Crippen molar-refractivity contribution in [1.29, 1.82) is 0 Å². The van der Waals surface area contributed by atoms with E-state index in [4.69, 9.17) is 9.47 Å². The van der Waals surface area contributed by atoms with E-state index in [9.17, 15) is 9.90 Å². The number of esters is 1. The zero-order chi connectivity index (χ0) is 13.6. The Morgan fingerprint density at radius 1 is 1.26 bits per heavy atom. The van der Waals surface area contributed by atoms with Crippen molar-refractivity contribution >= 4 is 5.97 Å². The Morgan fingerprint density at radius 3 is 2.74 bits per heavy atom. The first-order chi connectivity index (χ1) is 8.86. The van der Waals surface area contributed by atoms with Crippen LogP contribution >= 0.6 is 0 Å². The van der Waals surface area contributed by atoms with Crippen LogP contribution in [0.5, 0.6) is 0 Å². The van der Waals surface area contributed by atoms with E-state index in [1.54, 1.807) is 0 Å². The van der Waals surface area contributed by atoms with Crippen LogP contribution in [0.25, 0.3) is 0 Å². The smallest absolute Gasteiger partial charge is 0.309 e. The molecule has 4 heteroatoms. The molecule has 0 radical (unpaired) electrons. The van der Waals surface area contributed by atoms with Gasteiger partial charge < -0.3 is 14.6 Å². The van der Waals surface area contributed by atoms with E-state index in [-0.39, 0.29) is 41.0 Å². The molecule has 106 valence electrons. The predicted octanol–water partition coefficient (Wildman–Crippen LogP) is 1.65. The summed E-state index contributed by atoms with van der Waals surface area (Å²) in [6.07, 6.45) is 3.01. The molecular formula is C15H22O4. The van der Waals surface area contributed by atoms with Crippen molar-refractivity contribution in [3.63, 3.8) is 0 Å². The number of hydrogen-bond donors (Lipinski definition) is 1. The molecule has 0 aromatic carbocycles. The van der Waals surface area contributed by atoms with Crippen molar-refractivity contribution in [2.75, 3.05) is 0 Å². The summed E-state index contributed by atoms with van der Waals surface area (Å²) >= 11 is 0. The van der Waals surface area contributed by atoms with Crippen LogP contribution < -0.4 is 0 Å². The number of rotatable bonds is 0. The average molecular weight is 266 g/mol. The van der Waals surface area contributed by atoms with Crippen LogP contribution in [-0.4, -0.2) is 34.5 Å². The third-order valence-electron chi connectivity index (χ3n) is 6.65.